The van der Waals surface area contributed by atoms with Crippen molar-refractivity contribution in [2.75, 3.05) is 40.5 Å². The summed E-state index contributed by atoms with van der Waals surface area (Å²) in [6.45, 7) is 2.90. The molecule has 1 aliphatic heterocycles. The van der Waals surface area contributed by atoms with Gasteiger partial charge in [0.2, 0.25) is 0 Å². The molecule has 0 N–H and O–H groups in total. The molecule has 0 aromatic heterocycles. The lowest BCUT2D eigenvalue weighted by Gasteiger charge is -2.34. The van der Waals surface area contributed by atoms with Crippen LogP contribution in [0.3, 0.4) is 0 Å². The van der Waals surface area contributed by atoms with Crippen LogP contribution in [0.1, 0.15) is 11.7 Å². The second-order valence-electron chi connectivity index (χ2n) is 4.69. The van der Waals surface area contributed by atoms with Crippen molar-refractivity contribution in [3.05, 3.63) is 34.1 Å². The molecule has 0 aliphatic carbocycles. The number of methoxy groups -OCH3 is 2. The maximum absolute atomic E-state index is 13.3. The summed E-state index contributed by atoms with van der Waals surface area (Å²) in [4.78, 5) is 2.23. The van der Waals surface area contributed by atoms with E-state index >= 15 is 0 Å². The minimum absolute atomic E-state index is 0.0602. The van der Waals surface area contributed by atoms with Gasteiger partial charge in [-0.1, -0.05) is 6.07 Å². The molecule has 1 heterocycles. The first-order valence-electron chi connectivity index (χ1n) is 6.48. The predicted octanol–water partition coefficient (Wildman–Crippen LogP) is 2.58. The van der Waals surface area contributed by atoms with E-state index in [2.05, 4.69) is 20.8 Å². The lowest BCUT2D eigenvalue weighted by Crippen LogP contribution is -2.43. The highest BCUT2D eigenvalue weighted by Gasteiger charge is 2.24. The first-order valence-corrected chi connectivity index (χ1v) is 7.28. The van der Waals surface area contributed by atoms with Gasteiger partial charge in [-0.15, -0.1) is 0 Å². The highest BCUT2D eigenvalue weighted by molar-refractivity contribution is 9.10. The molecule has 0 bridgehead atoms. The summed E-state index contributed by atoms with van der Waals surface area (Å²) in [6, 6.07) is 4.99. The lowest BCUT2D eigenvalue weighted by atomic mass is 10.1. The zero-order valence-corrected chi connectivity index (χ0v) is 13.2. The molecule has 1 aromatic carbocycles. The number of hydrogen-bond donors (Lipinski definition) is 0. The first kappa shape index (κ1) is 15.9. The zero-order valence-electron chi connectivity index (χ0n) is 11.6. The molecule has 1 atom stereocenters. The standard InChI is InChI=1S/C14H19BrFNO3/c1-18-14(19-2)9-17-5-6-20-13(8-17)10-3-4-12(16)11(15)7-10/h3-4,7,13-14H,5-6,8-9H2,1-2H3/t13-/m0/s1. The quantitative estimate of drug-likeness (QED) is 0.766. The summed E-state index contributed by atoms with van der Waals surface area (Å²) in [7, 11) is 3.26. The lowest BCUT2D eigenvalue weighted by molar-refractivity contribution is -0.131. The van der Waals surface area contributed by atoms with Crippen LogP contribution < -0.4 is 0 Å². The summed E-state index contributed by atoms with van der Waals surface area (Å²) in [6.07, 6.45) is -0.302. The highest BCUT2D eigenvalue weighted by atomic mass is 79.9. The molecule has 1 saturated heterocycles. The molecule has 1 aliphatic rings. The Hall–Kier alpha value is -0.530. The second-order valence-corrected chi connectivity index (χ2v) is 5.55. The smallest absolute Gasteiger partial charge is 0.169 e. The molecule has 4 nitrogen and oxygen atoms in total. The van der Waals surface area contributed by atoms with Crippen molar-refractivity contribution in [1.29, 1.82) is 0 Å². The van der Waals surface area contributed by atoms with Crippen LogP contribution in [-0.4, -0.2) is 51.7 Å². The molecule has 6 heteroatoms. The van der Waals surface area contributed by atoms with Gasteiger partial charge in [0.1, 0.15) is 5.82 Å². The number of nitrogens with zero attached hydrogens (tertiary/aromatic N) is 1. The van der Waals surface area contributed by atoms with E-state index in [4.69, 9.17) is 14.2 Å². The molecule has 0 spiro atoms. The molecule has 1 fully saturated rings. The van der Waals surface area contributed by atoms with Crippen molar-refractivity contribution in [3.63, 3.8) is 0 Å². The first-order chi connectivity index (χ1) is 9.63. The van der Waals surface area contributed by atoms with Gasteiger partial charge in [-0.2, -0.15) is 0 Å². The van der Waals surface area contributed by atoms with Gasteiger partial charge in [-0.3, -0.25) is 4.90 Å². The Morgan fingerprint density at radius 3 is 2.85 bits per heavy atom. The third-order valence-corrected chi connectivity index (χ3v) is 4.01. The summed E-state index contributed by atoms with van der Waals surface area (Å²) in [5.74, 6) is -0.264. The number of ether oxygens (including phenoxy) is 3. The normalized spacial score (nSPS) is 20.6. The fourth-order valence-corrected chi connectivity index (χ4v) is 2.64. The number of hydrogen-bond acceptors (Lipinski definition) is 4. The zero-order chi connectivity index (χ0) is 14.5. The van der Waals surface area contributed by atoms with Gasteiger partial charge in [0, 0.05) is 33.9 Å². The van der Waals surface area contributed by atoms with E-state index in [1.54, 1.807) is 26.4 Å². The summed E-state index contributed by atoms with van der Waals surface area (Å²) >= 11 is 3.21. The summed E-state index contributed by atoms with van der Waals surface area (Å²) in [5, 5.41) is 0. The Balaban J connectivity index is 2.00. The van der Waals surface area contributed by atoms with E-state index in [0.29, 0.717) is 17.6 Å². The van der Waals surface area contributed by atoms with E-state index < -0.39 is 0 Å². The monoisotopic (exact) mass is 347 g/mol. The molecule has 20 heavy (non-hydrogen) atoms. The van der Waals surface area contributed by atoms with Crippen LogP contribution >= 0.6 is 15.9 Å². The van der Waals surface area contributed by atoms with Gasteiger partial charge in [0.25, 0.3) is 0 Å². The van der Waals surface area contributed by atoms with Crippen LogP contribution in [0.15, 0.2) is 22.7 Å². The Kier molecular flexibility index (Phi) is 5.92. The molecule has 0 amide bonds. The molecule has 0 radical (unpaired) electrons. The van der Waals surface area contributed by atoms with E-state index in [9.17, 15) is 4.39 Å². The minimum Gasteiger partial charge on any atom is -0.371 e. The van der Waals surface area contributed by atoms with Crippen LogP contribution in [0.5, 0.6) is 0 Å². The van der Waals surface area contributed by atoms with E-state index in [0.717, 1.165) is 18.7 Å². The van der Waals surface area contributed by atoms with Crippen molar-refractivity contribution < 1.29 is 18.6 Å². The van der Waals surface area contributed by atoms with Gasteiger partial charge in [-0.05, 0) is 33.6 Å². The molecule has 0 saturated carbocycles. The molecule has 112 valence electrons. The van der Waals surface area contributed by atoms with Crippen LogP contribution in [0, 0.1) is 5.82 Å². The molecule has 1 aromatic rings. The number of morpholine rings is 1. The minimum atomic E-state index is -0.264. The second kappa shape index (κ2) is 7.47. The number of benzene rings is 1. The third-order valence-electron chi connectivity index (χ3n) is 3.40. The average Bonchev–Trinajstić information content (AvgIpc) is 2.48. The van der Waals surface area contributed by atoms with Crippen molar-refractivity contribution in [1.82, 2.24) is 4.90 Å². The van der Waals surface area contributed by atoms with Crippen LogP contribution in [0.2, 0.25) is 0 Å². The van der Waals surface area contributed by atoms with Crippen molar-refractivity contribution in [3.8, 4) is 0 Å². The SMILES string of the molecule is COC(CN1CCO[C@H](c2ccc(F)c(Br)c2)C1)OC. The summed E-state index contributed by atoms with van der Waals surface area (Å²) < 4.78 is 29.9. The van der Waals surface area contributed by atoms with E-state index in [-0.39, 0.29) is 18.2 Å². The van der Waals surface area contributed by atoms with Gasteiger partial charge in [0.15, 0.2) is 6.29 Å². The highest BCUT2D eigenvalue weighted by Crippen LogP contribution is 2.26. The largest absolute Gasteiger partial charge is 0.371 e. The number of halogens is 2. The van der Waals surface area contributed by atoms with Gasteiger partial charge in [-0.25, -0.2) is 4.39 Å². The van der Waals surface area contributed by atoms with E-state index in [1.807, 2.05) is 0 Å². The predicted molar refractivity (Wildman–Crippen MR) is 77.0 cm³/mol. The Labute approximate surface area is 126 Å². The molecular formula is C14H19BrFNO3. The Morgan fingerprint density at radius 1 is 1.45 bits per heavy atom. The van der Waals surface area contributed by atoms with Crippen molar-refractivity contribution in [2.45, 2.75) is 12.4 Å². The maximum Gasteiger partial charge on any atom is 0.169 e. The molecule has 2 rings (SSSR count). The fraction of sp³-hybridized carbons (Fsp3) is 0.571. The molecular weight excluding hydrogens is 329 g/mol. The summed E-state index contributed by atoms with van der Waals surface area (Å²) in [5.41, 5.74) is 0.967. The average molecular weight is 348 g/mol. The van der Waals surface area contributed by atoms with Gasteiger partial charge < -0.3 is 14.2 Å². The maximum atomic E-state index is 13.3. The van der Waals surface area contributed by atoms with Crippen LogP contribution in [-0.2, 0) is 14.2 Å². The Bertz CT molecular complexity index is 442. The topological polar surface area (TPSA) is 30.9 Å². The number of rotatable bonds is 5. The van der Waals surface area contributed by atoms with E-state index in [1.165, 1.54) is 6.07 Å². The fourth-order valence-electron chi connectivity index (χ4n) is 2.24. The van der Waals surface area contributed by atoms with Crippen molar-refractivity contribution >= 4 is 15.9 Å². The van der Waals surface area contributed by atoms with Crippen molar-refractivity contribution in [2.24, 2.45) is 0 Å². The Morgan fingerprint density at radius 2 is 2.20 bits per heavy atom. The third kappa shape index (κ3) is 3.99. The molecule has 0 unspecified atom stereocenters. The van der Waals surface area contributed by atoms with Crippen LogP contribution in [0.25, 0.3) is 0 Å². The van der Waals surface area contributed by atoms with Gasteiger partial charge in [0.05, 0.1) is 17.2 Å². The van der Waals surface area contributed by atoms with Crippen LogP contribution in [0.4, 0.5) is 4.39 Å². The van der Waals surface area contributed by atoms with Gasteiger partial charge >= 0.3 is 0 Å².